The molecule has 0 atom stereocenters. The first-order chi connectivity index (χ1) is 19.0. The van der Waals surface area contributed by atoms with Crippen LogP contribution in [0, 0.1) is 5.92 Å². The van der Waals surface area contributed by atoms with Crippen molar-refractivity contribution in [1.82, 2.24) is 10.2 Å². The Kier molecular flexibility index (Phi) is 9.33. The molecule has 210 valence electrons. The smallest absolute Gasteiger partial charge is 0.262 e. The van der Waals surface area contributed by atoms with Gasteiger partial charge < -0.3 is 20.7 Å². The lowest BCUT2D eigenvalue weighted by molar-refractivity contribution is -0.133. The van der Waals surface area contributed by atoms with Crippen LogP contribution >= 0.6 is 27.5 Å². The van der Waals surface area contributed by atoms with Crippen LogP contribution in [0.1, 0.15) is 23.2 Å². The number of carbonyl (C=O) groups is 3. The van der Waals surface area contributed by atoms with Gasteiger partial charge in [0, 0.05) is 29.0 Å². The maximum absolute atomic E-state index is 13.1. The molecule has 10 nitrogen and oxygen atoms in total. The van der Waals surface area contributed by atoms with E-state index in [0.29, 0.717) is 36.7 Å². The number of nitrogens with zero attached hydrogens (tertiary/aromatic N) is 1. The van der Waals surface area contributed by atoms with Crippen LogP contribution in [0.15, 0.2) is 76.1 Å². The lowest BCUT2D eigenvalue weighted by atomic mass is 9.96. The van der Waals surface area contributed by atoms with E-state index in [0.717, 1.165) is 4.47 Å². The van der Waals surface area contributed by atoms with Crippen molar-refractivity contribution >= 4 is 61.0 Å². The minimum Gasteiger partial charge on any atom is -0.454 e. The number of ether oxygens (including phenoxy) is 1. The Balaban J connectivity index is 1.37. The number of likely N-dealkylation sites (tertiary alicyclic amines) is 1. The van der Waals surface area contributed by atoms with Gasteiger partial charge in [0.25, 0.3) is 15.9 Å². The lowest BCUT2D eigenvalue weighted by Gasteiger charge is -2.30. The number of primary amides is 1. The van der Waals surface area contributed by atoms with Crippen LogP contribution in [0.3, 0.4) is 0 Å². The van der Waals surface area contributed by atoms with Crippen molar-refractivity contribution in [2.24, 2.45) is 11.7 Å². The number of nitrogens with one attached hydrogen (secondary N) is 2. The first kappa shape index (κ1) is 29.4. The Morgan fingerprint density at radius 1 is 1.00 bits per heavy atom. The number of para-hydroxylation sites is 2. The Morgan fingerprint density at radius 3 is 2.33 bits per heavy atom. The van der Waals surface area contributed by atoms with Gasteiger partial charge in [-0.3, -0.25) is 19.1 Å². The highest BCUT2D eigenvalue weighted by Crippen LogP contribution is 2.35. The van der Waals surface area contributed by atoms with E-state index in [1.807, 2.05) is 0 Å². The first-order valence-corrected chi connectivity index (χ1v) is 14.9. The fourth-order valence-electron chi connectivity index (χ4n) is 4.09. The van der Waals surface area contributed by atoms with Crippen LogP contribution < -0.4 is 20.5 Å². The molecule has 40 heavy (non-hydrogen) atoms. The topological polar surface area (TPSA) is 148 Å². The second kappa shape index (κ2) is 12.7. The molecule has 0 saturated carbocycles. The second-order valence-corrected chi connectivity index (χ2v) is 12.0. The molecular weight excluding hydrogens is 624 g/mol. The predicted molar refractivity (Wildman–Crippen MR) is 154 cm³/mol. The van der Waals surface area contributed by atoms with Crippen LogP contribution in [0.2, 0.25) is 5.02 Å². The van der Waals surface area contributed by atoms with Crippen molar-refractivity contribution in [2.75, 3.05) is 24.4 Å². The summed E-state index contributed by atoms with van der Waals surface area (Å²) in [5, 5.41) is 2.89. The minimum atomic E-state index is -4.03. The van der Waals surface area contributed by atoms with E-state index in [9.17, 15) is 22.8 Å². The molecule has 3 aromatic carbocycles. The zero-order valence-electron chi connectivity index (χ0n) is 21.1. The molecule has 1 aliphatic heterocycles. The standard InChI is InChI=1S/C27H26BrClN4O6S/c28-19-7-10-23(21(29)15-19)39-24-4-2-1-3-22(24)32-40(37,38)20-8-5-18(6-9-20)27(36)31-16-25(34)33-13-11-17(12-14-33)26(30)35/h1-10,15,17,32H,11-14,16H2,(H2,30,35)(H,31,36). The summed E-state index contributed by atoms with van der Waals surface area (Å²) in [5.41, 5.74) is 5.70. The highest BCUT2D eigenvalue weighted by atomic mass is 79.9. The zero-order valence-corrected chi connectivity index (χ0v) is 24.3. The number of carbonyl (C=O) groups excluding carboxylic acids is 3. The number of amides is 3. The molecule has 0 spiro atoms. The van der Waals surface area contributed by atoms with Crippen molar-refractivity contribution in [2.45, 2.75) is 17.7 Å². The monoisotopic (exact) mass is 648 g/mol. The van der Waals surface area contributed by atoms with Gasteiger partial charge in [0.15, 0.2) is 5.75 Å². The van der Waals surface area contributed by atoms with Gasteiger partial charge in [-0.15, -0.1) is 0 Å². The Labute approximate surface area is 245 Å². The number of halogens is 2. The summed E-state index contributed by atoms with van der Waals surface area (Å²) in [5.74, 6) is -0.819. The molecule has 1 heterocycles. The third kappa shape index (κ3) is 7.32. The molecule has 0 bridgehead atoms. The number of sulfonamides is 1. The van der Waals surface area contributed by atoms with Crippen LogP contribution in [0.5, 0.6) is 11.5 Å². The van der Waals surface area contributed by atoms with Crippen molar-refractivity contribution < 1.29 is 27.5 Å². The Bertz CT molecular complexity index is 1530. The summed E-state index contributed by atoms with van der Waals surface area (Å²) in [6, 6.07) is 16.9. The van der Waals surface area contributed by atoms with Gasteiger partial charge in [0.2, 0.25) is 11.8 Å². The summed E-state index contributed by atoms with van der Waals surface area (Å²) in [7, 11) is -4.03. The highest BCUT2D eigenvalue weighted by molar-refractivity contribution is 9.10. The molecular formula is C27H26BrClN4O6S. The largest absolute Gasteiger partial charge is 0.454 e. The van der Waals surface area contributed by atoms with Crippen molar-refractivity contribution in [3.63, 3.8) is 0 Å². The van der Waals surface area contributed by atoms with Gasteiger partial charge in [-0.2, -0.15) is 0 Å². The molecule has 4 N–H and O–H groups in total. The van der Waals surface area contributed by atoms with E-state index in [2.05, 4.69) is 26.0 Å². The number of benzene rings is 3. The van der Waals surface area contributed by atoms with Crippen molar-refractivity contribution in [3.05, 3.63) is 81.8 Å². The molecule has 1 fully saturated rings. The molecule has 0 unspecified atom stereocenters. The molecule has 0 aliphatic carbocycles. The zero-order chi connectivity index (χ0) is 28.9. The second-order valence-electron chi connectivity index (χ2n) is 9.04. The van der Waals surface area contributed by atoms with Gasteiger partial charge in [-0.05, 0) is 67.4 Å². The number of anilines is 1. The van der Waals surface area contributed by atoms with Gasteiger partial charge >= 0.3 is 0 Å². The van der Waals surface area contributed by atoms with Crippen LogP contribution in [0.25, 0.3) is 0 Å². The number of piperidine rings is 1. The number of hydrogen-bond acceptors (Lipinski definition) is 6. The van der Waals surface area contributed by atoms with Gasteiger partial charge in [0.1, 0.15) is 5.75 Å². The SMILES string of the molecule is NC(=O)C1CCN(C(=O)CNC(=O)c2ccc(S(=O)(=O)Nc3ccccc3Oc3ccc(Br)cc3Cl)cc2)CC1. The lowest BCUT2D eigenvalue weighted by Crippen LogP contribution is -2.45. The predicted octanol–water partition coefficient (Wildman–Crippen LogP) is 4.15. The Hall–Kier alpha value is -3.61. The van der Waals surface area contributed by atoms with E-state index in [4.69, 9.17) is 22.1 Å². The molecule has 1 aliphatic rings. The number of rotatable bonds is 9. The molecule has 4 rings (SSSR count). The summed E-state index contributed by atoms with van der Waals surface area (Å²) in [4.78, 5) is 37.8. The normalized spacial score (nSPS) is 13.9. The van der Waals surface area contributed by atoms with E-state index < -0.39 is 15.9 Å². The number of hydrogen-bond donors (Lipinski definition) is 3. The fraction of sp³-hybridized carbons (Fsp3) is 0.222. The maximum atomic E-state index is 13.1. The van der Waals surface area contributed by atoms with Crippen LogP contribution in [-0.2, 0) is 19.6 Å². The summed E-state index contributed by atoms with van der Waals surface area (Å²) in [6.45, 7) is 0.569. The van der Waals surface area contributed by atoms with E-state index in [1.54, 1.807) is 47.4 Å². The first-order valence-electron chi connectivity index (χ1n) is 12.2. The molecule has 3 amide bonds. The average Bonchev–Trinajstić information content (AvgIpc) is 2.94. The Morgan fingerprint density at radius 2 is 1.68 bits per heavy atom. The summed E-state index contributed by atoms with van der Waals surface area (Å²) in [6.07, 6.45) is 0.987. The molecule has 0 aromatic heterocycles. The van der Waals surface area contributed by atoms with E-state index in [-0.39, 0.29) is 46.2 Å². The average molecular weight is 650 g/mol. The molecule has 0 radical (unpaired) electrons. The number of nitrogens with two attached hydrogens (primary N) is 1. The summed E-state index contributed by atoms with van der Waals surface area (Å²) < 4.78 is 35.3. The van der Waals surface area contributed by atoms with Crippen molar-refractivity contribution in [3.8, 4) is 11.5 Å². The molecule has 13 heteroatoms. The van der Waals surface area contributed by atoms with Gasteiger partial charge in [0.05, 0.1) is 22.2 Å². The third-order valence-corrected chi connectivity index (χ3v) is 8.49. The van der Waals surface area contributed by atoms with Gasteiger partial charge in [-0.1, -0.05) is 39.7 Å². The third-order valence-electron chi connectivity index (χ3n) is 6.32. The minimum absolute atomic E-state index is 0.0751. The van der Waals surface area contributed by atoms with Gasteiger partial charge in [-0.25, -0.2) is 8.42 Å². The summed E-state index contributed by atoms with van der Waals surface area (Å²) >= 11 is 9.56. The fourth-order valence-corrected chi connectivity index (χ4v) is 5.87. The quantitative estimate of drug-likeness (QED) is 0.317. The molecule has 1 saturated heterocycles. The molecule has 3 aromatic rings. The maximum Gasteiger partial charge on any atom is 0.262 e. The van der Waals surface area contributed by atoms with E-state index >= 15 is 0 Å². The highest BCUT2D eigenvalue weighted by Gasteiger charge is 2.26. The van der Waals surface area contributed by atoms with Crippen LogP contribution in [0.4, 0.5) is 5.69 Å². The van der Waals surface area contributed by atoms with Crippen LogP contribution in [-0.4, -0.2) is 50.7 Å². The van der Waals surface area contributed by atoms with E-state index in [1.165, 1.54) is 24.3 Å². The van der Waals surface area contributed by atoms with Crippen molar-refractivity contribution in [1.29, 1.82) is 0 Å².